The third-order valence-electron chi connectivity index (χ3n) is 2.29. The van der Waals surface area contributed by atoms with Crippen molar-refractivity contribution in [2.75, 3.05) is 11.5 Å². The lowest BCUT2D eigenvalue weighted by atomic mass is 10.1. The molecule has 3 N–H and O–H groups in total. The Hall–Kier alpha value is -0.740. The minimum Gasteiger partial charge on any atom is -0.544 e. The van der Waals surface area contributed by atoms with E-state index in [4.69, 9.17) is 0 Å². The third-order valence-corrected chi connectivity index (χ3v) is 3.33. The molecule has 0 saturated carbocycles. The molecular weight excluding hydrogens is 234 g/mol. The van der Waals surface area contributed by atoms with Crippen LogP contribution in [0.5, 0.6) is 0 Å². The molecule has 98 valence electrons. The van der Waals surface area contributed by atoms with Crippen LogP contribution < -0.4 is 10.8 Å². The van der Waals surface area contributed by atoms with Crippen molar-refractivity contribution in [3.8, 4) is 0 Å². The van der Waals surface area contributed by atoms with E-state index in [1.54, 1.807) is 11.8 Å². The first kappa shape index (κ1) is 16.3. The van der Waals surface area contributed by atoms with Crippen LogP contribution >= 0.6 is 11.8 Å². The Kier molecular flexibility index (Phi) is 8.90. The van der Waals surface area contributed by atoms with E-state index in [9.17, 15) is 9.90 Å². The van der Waals surface area contributed by atoms with Crippen LogP contribution in [0.2, 0.25) is 0 Å². The fourth-order valence-electron chi connectivity index (χ4n) is 1.17. The van der Waals surface area contributed by atoms with Gasteiger partial charge in [0.2, 0.25) is 0 Å². The van der Waals surface area contributed by atoms with Gasteiger partial charge < -0.3 is 15.6 Å². The van der Waals surface area contributed by atoms with Gasteiger partial charge in [-0.1, -0.05) is 23.3 Å². The Morgan fingerprint density at radius 1 is 1.35 bits per heavy atom. The molecule has 3 nitrogen and oxygen atoms in total. The topological polar surface area (TPSA) is 67.8 Å². The number of carbonyl (C=O) groups is 1. The molecule has 0 spiro atoms. The fraction of sp³-hybridized carbons (Fsp3) is 0.615. The summed E-state index contributed by atoms with van der Waals surface area (Å²) < 4.78 is 0. The molecule has 0 amide bonds. The molecule has 0 aromatic carbocycles. The lowest BCUT2D eigenvalue weighted by Crippen LogP contribution is -2.69. The van der Waals surface area contributed by atoms with Gasteiger partial charge in [0.05, 0.1) is 11.7 Å². The highest BCUT2D eigenvalue weighted by Gasteiger charge is 2.05. The highest BCUT2D eigenvalue weighted by molar-refractivity contribution is 7.99. The second-order valence-corrected chi connectivity index (χ2v) is 5.50. The number of allylic oxidation sites excluding steroid dienone is 3. The second kappa shape index (κ2) is 9.31. The summed E-state index contributed by atoms with van der Waals surface area (Å²) >= 11 is 1.58. The summed E-state index contributed by atoms with van der Waals surface area (Å²) in [6.07, 6.45) is 6.53. The van der Waals surface area contributed by atoms with Crippen LogP contribution in [0.3, 0.4) is 0 Å². The summed E-state index contributed by atoms with van der Waals surface area (Å²) in [4.78, 5) is 10.4. The molecule has 0 aliphatic rings. The largest absolute Gasteiger partial charge is 0.544 e. The molecule has 4 heteroatoms. The van der Waals surface area contributed by atoms with Crippen molar-refractivity contribution in [2.24, 2.45) is 0 Å². The van der Waals surface area contributed by atoms with E-state index in [-0.39, 0.29) is 0 Å². The number of hydrogen-bond acceptors (Lipinski definition) is 3. The molecule has 0 bridgehead atoms. The van der Waals surface area contributed by atoms with Gasteiger partial charge in [-0.2, -0.15) is 11.8 Å². The Balaban J connectivity index is 3.70. The molecule has 0 heterocycles. The predicted octanol–water partition coefficient (Wildman–Crippen LogP) is 0.773. The van der Waals surface area contributed by atoms with Crippen LogP contribution in [0.4, 0.5) is 0 Å². The SMILES string of the molecule is CC(C)=CCC/C(C)=C/CSC[C@H]([NH3+])C(=O)[O-]. The number of quaternary nitrogens is 1. The van der Waals surface area contributed by atoms with Crippen LogP contribution in [0.25, 0.3) is 0 Å². The van der Waals surface area contributed by atoms with Gasteiger partial charge >= 0.3 is 0 Å². The van der Waals surface area contributed by atoms with Crippen LogP contribution in [0.1, 0.15) is 33.6 Å². The molecule has 1 atom stereocenters. The van der Waals surface area contributed by atoms with Crippen molar-refractivity contribution < 1.29 is 15.6 Å². The predicted molar refractivity (Wildman–Crippen MR) is 71.4 cm³/mol. The second-order valence-electron chi connectivity index (χ2n) is 4.42. The molecule has 0 aromatic rings. The smallest absolute Gasteiger partial charge is 0.134 e. The van der Waals surface area contributed by atoms with Gasteiger partial charge in [0.25, 0.3) is 0 Å². The quantitative estimate of drug-likeness (QED) is 0.516. The van der Waals surface area contributed by atoms with Crippen molar-refractivity contribution in [1.29, 1.82) is 0 Å². The molecule has 0 aromatic heterocycles. The van der Waals surface area contributed by atoms with E-state index in [1.807, 2.05) is 0 Å². The number of hydrogen-bond donors (Lipinski definition) is 1. The zero-order valence-corrected chi connectivity index (χ0v) is 11.8. The minimum atomic E-state index is -1.07. The first-order valence-electron chi connectivity index (χ1n) is 5.84. The fourth-order valence-corrected chi connectivity index (χ4v) is 2.13. The Labute approximate surface area is 108 Å². The maximum atomic E-state index is 10.4. The maximum Gasteiger partial charge on any atom is 0.134 e. The first-order valence-corrected chi connectivity index (χ1v) is 6.99. The van der Waals surface area contributed by atoms with Crippen LogP contribution in [0, 0.1) is 0 Å². The molecule has 17 heavy (non-hydrogen) atoms. The Bertz CT molecular complexity index is 294. The van der Waals surface area contributed by atoms with E-state index in [2.05, 4.69) is 38.7 Å². The number of carboxylic acid groups (broad SMARTS) is 1. The van der Waals surface area contributed by atoms with Gasteiger partial charge in [-0.25, -0.2) is 0 Å². The number of carbonyl (C=O) groups excluding carboxylic acids is 1. The van der Waals surface area contributed by atoms with Gasteiger partial charge in [0.15, 0.2) is 0 Å². The van der Waals surface area contributed by atoms with E-state index in [0.717, 1.165) is 18.6 Å². The lowest BCUT2D eigenvalue weighted by Gasteiger charge is -2.07. The number of carboxylic acids is 1. The molecular formula is C13H23NO2S. The number of aliphatic carboxylic acids is 1. The van der Waals surface area contributed by atoms with E-state index in [1.165, 1.54) is 11.1 Å². The standard InChI is InChI=1S/C13H23NO2S/c1-10(2)5-4-6-11(3)7-8-17-9-12(14)13(15)16/h5,7,12H,4,6,8-9,14H2,1-3H3,(H,15,16)/b11-7+/t12-/m0/s1. The summed E-state index contributed by atoms with van der Waals surface area (Å²) in [5, 5.41) is 10.4. The van der Waals surface area contributed by atoms with Crippen LogP contribution in [0.15, 0.2) is 23.3 Å². The lowest BCUT2D eigenvalue weighted by molar-refractivity contribution is -0.431. The number of rotatable bonds is 8. The van der Waals surface area contributed by atoms with Crippen LogP contribution in [-0.4, -0.2) is 23.5 Å². The first-order chi connectivity index (χ1) is 7.93. The average molecular weight is 257 g/mol. The minimum absolute atomic E-state index is 0.514. The average Bonchev–Trinajstić information content (AvgIpc) is 2.23. The molecule has 0 unspecified atom stereocenters. The van der Waals surface area contributed by atoms with Crippen LogP contribution in [-0.2, 0) is 4.79 Å². The summed E-state index contributed by atoms with van der Waals surface area (Å²) in [5.41, 5.74) is 6.21. The molecule has 0 aliphatic carbocycles. The van der Waals surface area contributed by atoms with Crippen molar-refractivity contribution >= 4 is 17.7 Å². The molecule has 0 aliphatic heterocycles. The van der Waals surface area contributed by atoms with E-state index >= 15 is 0 Å². The van der Waals surface area contributed by atoms with E-state index in [0.29, 0.717) is 5.75 Å². The summed E-state index contributed by atoms with van der Waals surface area (Å²) in [7, 11) is 0. The molecule has 0 fully saturated rings. The summed E-state index contributed by atoms with van der Waals surface area (Å²) in [6, 6.07) is -0.612. The maximum absolute atomic E-state index is 10.4. The van der Waals surface area contributed by atoms with Gasteiger partial charge in [0, 0.05) is 5.75 Å². The highest BCUT2D eigenvalue weighted by atomic mass is 32.2. The highest BCUT2D eigenvalue weighted by Crippen LogP contribution is 2.09. The monoisotopic (exact) mass is 257 g/mol. The summed E-state index contributed by atoms with van der Waals surface area (Å²) in [5.74, 6) is 0.293. The Morgan fingerprint density at radius 3 is 2.53 bits per heavy atom. The molecule has 0 radical (unpaired) electrons. The van der Waals surface area contributed by atoms with Gasteiger partial charge in [-0.15, -0.1) is 0 Å². The van der Waals surface area contributed by atoms with Crippen molar-refractivity contribution in [3.63, 3.8) is 0 Å². The zero-order chi connectivity index (χ0) is 13.3. The van der Waals surface area contributed by atoms with Crippen molar-refractivity contribution in [2.45, 2.75) is 39.7 Å². The Morgan fingerprint density at radius 2 is 2.00 bits per heavy atom. The van der Waals surface area contributed by atoms with Gasteiger partial charge in [0.1, 0.15) is 6.04 Å². The van der Waals surface area contributed by atoms with E-state index < -0.39 is 12.0 Å². The zero-order valence-electron chi connectivity index (χ0n) is 11.0. The normalized spacial score (nSPS) is 13.3. The van der Waals surface area contributed by atoms with Gasteiger partial charge in [-0.05, 0) is 33.6 Å². The van der Waals surface area contributed by atoms with Crippen molar-refractivity contribution in [3.05, 3.63) is 23.3 Å². The van der Waals surface area contributed by atoms with Gasteiger partial charge in [-0.3, -0.25) is 0 Å². The number of thioether (sulfide) groups is 1. The third kappa shape index (κ3) is 10.1. The summed E-state index contributed by atoms with van der Waals surface area (Å²) in [6.45, 7) is 6.31. The van der Waals surface area contributed by atoms with Crippen molar-refractivity contribution in [1.82, 2.24) is 0 Å². The molecule has 0 rings (SSSR count). The molecule has 0 saturated heterocycles.